The molecule has 0 unspecified atom stereocenters. The smallest absolute Gasteiger partial charge is 0.176 e. The van der Waals surface area contributed by atoms with Gasteiger partial charge in [0.1, 0.15) is 11.0 Å². The molecule has 3 rings (SSSR count). The van der Waals surface area contributed by atoms with Crippen LogP contribution in [-0.4, -0.2) is 38.5 Å². The number of aromatic nitrogens is 3. The third kappa shape index (κ3) is 4.03. The molecule has 0 spiro atoms. The Morgan fingerprint density at radius 2 is 1.96 bits per heavy atom. The van der Waals surface area contributed by atoms with Gasteiger partial charge in [-0.25, -0.2) is 15.0 Å². The summed E-state index contributed by atoms with van der Waals surface area (Å²) in [6, 6.07) is 10.2. The molecule has 126 valence electrons. The maximum atomic E-state index is 10.3. The molecule has 0 aliphatic heterocycles. The molecular weight excluding hydrogens is 340 g/mol. The molecule has 0 aliphatic rings. The molecule has 0 fully saturated rings. The molecule has 0 aliphatic carbocycles. The van der Waals surface area contributed by atoms with Crippen LogP contribution in [0, 0.1) is 0 Å². The highest BCUT2D eigenvalue weighted by Crippen LogP contribution is 2.33. The van der Waals surface area contributed by atoms with Crippen molar-refractivity contribution >= 4 is 39.3 Å². The van der Waals surface area contributed by atoms with Gasteiger partial charge in [-0.2, -0.15) is 0 Å². The summed E-state index contributed by atoms with van der Waals surface area (Å²) in [5.74, 6) is 0.823. The Morgan fingerprint density at radius 1 is 1.21 bits per heavy atom. The van der Waals surface area contributed by atoms with Crippen molar-refractivity contribution in [3.63, 3.8) is 0 Å². The van der Waals surface area contributed by atoms with Crippen LogP contribution in [0.2, 0.25) is 0 Å². The molecule has 0 saturated carbocycles. The zero-order valence-electron chi connectivity index (χ0n) is 13.9. The summed E-state index contributed by atoms with van der Waals surface area (Å²) in [4.78, 5) is 15.4. The van der Waals surface area contributed by atoms with Crippen LogP contribution in [0.25, 0.3) is 10.3 Å². The fourth-order valence-corrected chi connectivity index (χ4v) is 4.04. The van der Waals surface area contributed by atoms with E-state index in [4.69, 9.17) is 0 Å². The van der Waals surface area contributed by atoms with E-state index in [9.17, 15) is 5.11 Å². The third-order valence-corrected chi connectivity index (χ3v) is 5.45. The number of hydrogen-bond donors (Lipinski definition) is 1. The van der Waals surface area contributed by atoms with Crippen LogP contribution in [0.1, 0.15) is 19.4 Å². The van der Waals surface area contributed by atoms with Crippen LogP contribution in [0.5, 0.6) is 0 Å². The number of aliphatic hydroxyl groups is 1. The summed E-state index contributed by atoms with van der Waals surface area (Å²) in [7, 11) is 0. The fourth-order valence-electron chi connectivity index (χ4n) is 2.51. The monoisotopic (exact) mass is 360 g/mol. The van der Waals surface area contributed by atoms with E-state index >= 15 is 0 Å². The largest absolute Gasteiger partial charge is 0.389 e. The van der Waals surface area contributed by atoms with Gasteiger partial charge in [0.05, 0.1) is 5.60 Å². The summed E-state index contributed by atoms with van der Waals surface area (Å²) < 4.78 is 1.93. The van der Waals surface area contributed by atoms with Crippen molar-refractivity contribution in [1.82, 2.24) is 15.0 Å². The van der Waals surface area contributed by atoms with Gasteiger partial charge in [0.2, 0.25) is 0 Å². The summed E-state index contributed by atoms with van der Waals surface area (Å²) >= 11 is 3.20. The Kier molecular flexibility index (Phi) is 5.03. The van der Waals surface area contributed by atoms with E-state index in [0.29, 0.717) is 18.7 Å². The molecule has 3 aromatic rings. The SMILES string of the molecule is CSc1nc2ncnc(N(Cc3ccccc3)CC(C)(C)O)c2s1. The molecule has 2 aromatic heterocycles. The van der Waals surface area contributed by atoms with Crippen LogP contribution >= 0.6 is 23.1 Å². The number of anilines is 1. The van der Waals surface area contributed by atoms with E-state index in [2.05, 4.69) is 32.0 Å². The molecule has 0 bridgehead atoms. The first-order chi connectivity index (χ1) is 11.5. The van der Waals surface area contributed by atoms with Gasteiger partial charge >= 0.3 is 0 Å². The Balaban J connectivity index is 2.03. The summed E-state index contributed by atoms with van der Waals surface area (Å²) in [5, 5.41) is 10.3. The predicted molar refractivity (Wildman–Crippen MR) is 101 cm³/mol. The summed E-state index contributed by atoms with van der Waals surface area (Å²) in [5.41, 5.74) is 1.05. The number of hydrogen-bond acceptors (Lipinski definition) is 7. The predicted octanol–water partition coefficient (Wildman–Crippen LogP) is 3.59. The average molecular weight is 361 g/mol. The van der Waals surface area contributed by atoms with Crippen LogP contribution in [0.4, 0.5) is 5.82 Å². The van der Waals surface area contributed by atoms with Gasteiger partial charge < -0.3 is 10.0 Å². The van der Waals surface area contributed by atoms with Gasteiger partial charge in [-0.1, -0.05) is 42.1 Å². The van der Waals surface area contributed by atoms with Crippen molar-refractivity contribution in [2.45, 2.75) is 30.3 Å². The second kappa shape index (κ2) is 7.04. The molecular formula is C17H20N4OS2. The zero-order valence-corrected chi connectivity index (χ0v) is 15.6. The van der Waals surface area contributed by atoms with Crippen LogP contribution in [-0.2, 0) is 6.54 Å². The Bertz CT molecular complexity index is 814. The normalized spacial score (nSPS) is 11.8. The molecule has 0 amide bonds. The van der Waals surface area contributed by atoms with Crippen LogP contribution in [0.15, 0.2) is 41.0 Å². The maximum absolute atomic E-state index is 10.3. The van der Waals surface area contributed by atoms with Crippen molar-refractivity contribution in [1.29, 1.82) is 0 Å². The number of benzene rings is 1. The van der Waals surface area contributed by atoms with E-state index < -0.39 is 5.60 Å². The lowest BCUT2D eigenvalue weighted by Gasteiger charge is -2.30. The van der Waals surface area contributed by atoms with Crippen LogP contribution < -0.4 is 4.90 Å². The first-order valence-electron chi connectivity index (χ1n) is 7.63. The Morgan fingerprint density at radius 3 is 2.62 bits per heavy atom. The van der Waals surface area contributed by atoms with E-state index in [1.54, 1.807) is 29.4 Å². The van der Waals surface area contributed by atoms with E-state index in [1.165, 1.54) is 5.56 Å². The highest BCUT2D eigenvalue weighted by molar-refractivity contribution is 8.00. The molecule has 1 aromatic carbocycles. The molecule has 0 atom stereocenters. The number of fused-ring (bicyclic) bond motifs is 1. The zero-order chi connectivity index (χ0) is 17.2. The Hall–Kier alpha value is -1.70. The highest BCUT2D eigenvalue weighted by atomic mass is 32.2. The molecule has 2 heterocycles. The van der Waals surface area contributed by atoms with Crippen molar-refractivity contribution in [3.8, 4) is 0 Å². The van der Waals surface area contributed by atoms with Crippen molar-refractivity contribution < 1.29 is 5.11 Å². The fraction of sp³-hybridized carbons (Fsp3) is 0.353. The van der Waals surface area contributed by atoms with Crippen molar-refractivity contribution in [3.05, 3.63) is 42.2 Å². The van der Waals surface area contributed by atoms with E-state index in [0.717, 1.165) is 14.9 Å². The minimum absolute atomic E-state index is 0.473. The topological polar surface area (TPSA) is 62.1 Å². The average Bonchev–Trinajstić information content (AvgIpc) is 2.97. The second-order valence-corrected chi connectivity index (χ2v) is 8.24. The summed E-state index contributed by atoms with van der Waals surface area (Å²) in [6.45, 7) is 4.76. The number of nitrogens with zero attached hydrogens (tertiary/aromatic N) is 4. The number of thioether (sulfide) groups is 1. The third-order valence-electron chi connectivity index (χ3n) is 3.42. The maximum Gasteiger partial charge on any atom is 0.176 e. The quantitative estimate of drug-likeness (QED) is 0.678. The second-order valence-electron chi connectivity index (χ2n) is 6.19. The van der Waals surface area contributed by atoms with E-state index in [1.807, 2.05) is 38.3 Å². The van der Waals surface area contributed by atoms with Crippen molar-refractivity contribution in [2.75, 3.05) is 17.7 Å². The van der Waals surface area contributed by atoms with Gasteiger partial charge in [-0.15, -0.1) is 11.3 Å². The minimum Gasteiger partial charge on any atom is -0.389 e. The van der Waals surface area contributed by atoms with Gasteiger partial charge in [0, 0.05) is 13.1 Å². The molecule has 0 saturated heterocycles. The van der Waals surface area contributed by atoms with Gasteiger partial charge in [-0.3, -0.25) is 0 Å². The lowest BCUT2D eigenvalue weighted by Crippen LogP contribution is -2.38. The standard InChI is InChI=1S/C17H20N4OS2/c1-17(2,22)10-21(9-12-7-5-4-6-8-12)15-13-14(18-11-19-15)20-16(23-3)24-13/h4-8,11,22H,9-10H2,1-3H3. The van der Waals surface area contributed by atoms with E-state index in [-0.39, 0.29) is 0 Å². The lowest BCUT2D eigenvalue weighted by atomic mass is 10.1. The number of rotatable bonds is 6. The first kappa shape index (κ1) is 17.1. The molecule has 5 nitrogen and oxygen atoms in total. The van der Waals surface area contributed by atoms with Gasteiger partial charge in [-0.05, 0) is 25.7 Å². The number of thiazole rings is 1. The molecule has 1 N–H and O–H groups in total. The molecule has 0 radical (unpaired) electrons. The molecule has 7 heteroatoms. The minimum atomic E-state index is -0.834. The molecule has 24 heavy (non-hydrogen) atoms. The van der Waals surface area contributed by atoms with Gasteiger partial charge in [0.15, 0.2) is 15.8 Å². The highest BCUT2D eigenvalue weighted by Gasteiger charge is 2.23. The summed E-state index contributed by atoms with van der Waals surface area (Å²) in [6.07, 6.45) is 3.55. The lowest BCUT2D eigenvalue weighted by molar-refractivity contribution is 0.0869. The Labute approximate surface area is 149 Å². The van der Waals surface area contributed by atoms with Gasteiger partial charge in [0.25, 0.3) is 0 Å². The van der Waals surface area contributed by atoms with Crippen LogP contribution in [0.3, 0.4) is 0 Å². The van der Waals surface area contributed by atoms with Crippen molar-refractivity contribution in [2.24, 2.45) is 0 Å². The first-order valence-corrected chi connectivity index (χ1v) is 9.67.